The van der Waals surface area contributed by atoms with E-state index in [1.807, 2.05) is 6.07 Å². The first-order valence-corrected chi connectivity index (χ1v) is 12.4. The normalized spacial score (nSPS) is 17.6. The maximum Gasteiger partial charge on any atom is 0.234 e. The smallest absolute Gasteiger partial charge is 0.234 e. The van der Waals surface area contributed by atoms with Crippen LogP contribution in [0.2, 0.25) is 0 Å². The first-order valence-electron chi connectivity index (χ1n) is 10.5. The molecule has 1 aromatic heterocycles. The van der Waals surface area contributed by atoms with Crippen LogP contribution < -0.4 is 14.8 Å². The van der Waals surface area contributed by atoms with E-state index in [-0.39, 0.29) is 17.3 Å². The fourth-order valence-corrected chi connectivity index (χ4v) is 5.57. The number of ether oxygens (including phenoxy) is 2. The molecule has 164 valence electrons. The molecule has 2 heterocycles. The zero-order valence-electron chi connectivity index (χ0n) is 17.8. The fourth-order valence-electron chi connectivity index (χ4n) is 3.93. The van der Waals surface area contributed by atoms with E-state index in [0.29, 0.717) is 17.2 Å². The van der Waals surface area contributed by atoms with Crippen molar-refractivity contribution in [3.63, 3.8) is 0 Å². The summed E-state index contributed by atoms with van der Waals surface area (Å²) < 4.78 is 10.6. The molecule has 1 aliphatic carbocycles. The average molecular weight is 458 g/mol. The molecule has 1 aliphatic heterocycles. The Labute approximate surface area is 191 Å². The molecule has 0 saturated heterocycles. The predicted molar refractivity (Wildman–Crippen MR) is 129 cm³/mol. The van der Waals surface area contributed by atoms with Gasteiger partial charge in [0.05, 0.1) is 24.8 Å². The number of thiophene rings is 1. The molecule has 1 fully saturated rings. The first kappa shape index (κ1) is 21.9. The first-order chi connectivity index (χ1) is 15.1. The average Bonchev–Trinajstić information content (AvgIpc) is 3.36. The molecule has 0 radical (unpaired) electrons. The molecule has 1 amide bonds. The third-order valence-electron chi connectivity index (χ3n) is 5.47. The molecular weight excluding hydrogens is 430 g/mol. The molecule has 6 nitrogen and oxygen atoms in total. The summed E-state index contributed by atoms with van der Waals surface area (Å²) in [6.07, 6.45) is 6.77. The van der Waals surface area contributed by atoms with Crippen LogP contribution in [0, 0.1) is 0 Å². The van der Waals surface area contributed by atoms with Crippen LogP contribution in [-0.2, 0) is 4.79 Å². The summed E-state index contributed by atoms with van der Waals surface area (Å²) >= 11 is 3.13. The van der Waals surface area contributed by atoms with Gasteiger partial charge in [-0.2, -0.15) is 0 Å². The van der Waals surface area contributed by atoms with Crippen molar-refractivity contribution in [2.75, 3.05) is 25.3 Å². The Hall–Kier alpha value is -2.32. The second-order valence-electron chi connectivity index (χ2n) is 7.69. The van der Waals surface area contributed by atoms with Crippen molar-refractivity contribution in [3.05, 3.63) is 40.6 Å². The number of methoxy groups -OCH3 is 2. The van der Waals surface area contributed by atoms with Gasteiger partial charge in [-0.25, -0.2) is 4.99 Å². The van der Waals surface area contributed by atoms with Crippen molar-refractivity contribution < 1.29 is 14.3 Å². The van der Waals surface area contributed by atoms with Gasteiger partial charge in [-0.05, 0) is 37.1 Å². The molecule has 2 aliphatic rings. The van der Waals surface area contributed by atoms with Gasteiger partial charge in [-0.15, -0.1) is 11.3 Å². The second kappa shape index (κ2) is 9.87. The highest BCUT2D eigenvalue weighted by Gasteiger charge is 2.37. The van der Waals surface area contributed by atoms with E-state index in [1.165, 1.54) is 24.6 Å². The number of hydrogen-bond acceptors (Lipinski definition) is 7. The lowest BCUT2D eigenvalue weighted by Crippen LogP contribution is -2.20. The number of aliphatic imine (C=N–C) groups is 2. The van der Waals surface area contributed by atoms with Crippen LogP contribution in [0.5, 0.6) is 11.5 Å². The standard InChI is InChI=1S/C23H27N3O3S2/c1-28-17-12-16(13-18(14-17)29-2)24-20(27)15-31-22-21(19-8-7-11-30-19)25-23(26-22)9-5-3-4-6-10-23/h7-8,11-14H,3-6,9-10,15H2,1-2H3,(H,24,27). The van der Waals surface area contributed by atoms with E-state index >= 15 is 0 Å². The van der Waals surface area contributed by atoms with Gasteiger partial charge in [0.1, 0.15) is 22.3 Å². The lowest BCUT2D eigenvalue weighted by atomic mass is 10.0. The minimum absolute atomic E-state index is 0.102. The topological polar surface area (TPSA) is 72.3 Å². The van der Waals surface area contributed by atoms with E-state index in [9.17, 15) is 4.79 Å². The summed E-state index contributed by atoms with van der Waals surface area (Å²) in [5, 5.41) is 5.87. The van der Waals surface area contributed by atoms with Crippen molar-refractivity contribution in [2.45, 2.75) is 44.2 Å². The van der Waals surface area contributed by atoms with Gasteiger partial charge in [-0.3, -0.25) is 9.79 Å². The zero-order valence-corrected chi connectivity index (χ0v) is 19.5. The molecular formula is C23H27N3O3S2. The number of carbonyl (C=O) groups is 1. The number of carbonyl (C=O) groups excluding carboxylic acids is 1. The van der Waals surface area contributed by atoms with Gasteiger partial charge >= 0.3 is 0 Å². The Morgan fingerprint density at radius 3 is 2.42 bits per heavy atom. The summed E-state index contributed by atoms with van der Waals surface area (Å²) in [6.45, 7) is 0. The van der Waals surface area contributed by atoms with Crippen LogP contribution in [0.25, 0.3) is 0 Å². The van der Waals surface area contributed by atoms with E-state index in [0.717, 1.165) is 41.3 Å². The number of hydrogen-bond donors (Lipinski definition) is 1. The number of benzene rings is 1. The SMILES string of the molecule is COc1cc(NC(=O)CSC2=NC3(CCCCCC3)N=C2c2cccs2)cc(OC)c1. The minimum atomic E-state index is -0.338. The number of nitrogens with one attached hydrogen (secondary N) is 1. The van der Waals surface area contributed by atoms with E-state index < -0.39 is 0 Å². The maximum absolute atomic E-state index is 12.7. The summed E-state index contributed by atoms with van der Waals surface area (Å²) in [7, 11) is 3.17. The number of nitrogens with zero attached hydrogens (tertiary/aromatic N) is 2. The molecule has 31 heavy (non-hydrogen) atoms. The third kappa shape index (κ3) is 5.30. The molecule has 1 N–H and O–H groups in total. The van der Waals surface area contributed by atoms with Gasteiger partial charge in [0, 0.05) is 23.9 Å². The van der Waals surface area contributed by atoms with Crippen LogP contribution in [0.4, 0.5) is 5.69 Å². The number of rotatable bonds is 6. The van der Waals surface area contributed by atoms with Crippen LogP contribution >= 0.6 is 23.1 Å². The number of anilines is 1. The monoisotopic (exact) mass is 457 g/mol. The molecule has 8 heteroatoms. The van der Waals surface area contributed by atoms with Crippen LogP contribution in [0.3, 0.4) is 0 Å². The highest BCUT2D eigenvalue weighted by atomic mass is 32.2. The van der Waals surface area contributed by atoms with E-state index in [4.69, 9.17) is 19.5 Å². The number of amides is 1. The predicted octanol–water partition coefficient (Wildman–Crippen LogP) is 5.39. The Morgan fingerprint density at radius 1 is 1.10 bits per heavy atom. The molecule has 1 spiro atoms. The minimum Gasteiger partial charge on any atom is -0.497 e. The van der Waals surface area contributed by atoms with E-state index in [2.05, 4.69) is 16.8 Å². The van der Waals surface area contributed by atoms with Crippen molar-refractivity contribution in [2.24, 2.45) is 9.98 Å². The lowest BCUT2D eigenvalue weighted by molar-refractivity contribution is -0.113. The Kier molecular flexibility index (Phi) is 6.97. The van der Waals surface area contributed by atoms with Gasteiger partial charge < -0.3 is 14.8 Å². The highest BCUT2D eigenvalue weighted by Crippen LogP contribution is 2.38. The Bertz CT molecular complexity index is 956. The summed E-state index contributed by atoms with van der Waals surface area (Å²) in [6, 6.07) is 9.44. The van der Waals surface area contributed by atoms with Gasteiger partial charge in [0.15, 0.2) is 5.66 Å². The Balaban J connectivity index is 1.47. The summed E-state index contributed by atoms with van der Waals surface area (Å²) in [4.78, 5) is 24.0. The van der Waals surface area contributed by atoms with Gasteiger partial charge in [-0.1, -0.05) is 30.7 Å². The largest absolute Gasteiger partial charge is 0.497 e. The third-order valence-corrected chi connectivity index (χ3v) is 7.31. The van der Waals surface area contributed by atoms with Crippen LogP contribution in [0.1, 0.15) is 43.4 Å². The van der Waals surface area contributed by atoms with E-state index in [1.54, 1.807) is 43.8 Å². The molecule has 4 rings (SSSR count). The van der Waals surface area contributed by atoms with Crippen molar-refractivity contribution in [1.82, 2.24) is 0 Å². The fraction of sp³-hybridized carbons (Fsp3) is 0.435. The summed E-state index contributed by atoms with van der Waals surface area (Å²) in [5.74, 6) is 1.42. The van der Waals surface area contributed by atoms with Crippen molar-refractivity contribution in [1.29, 1.82) is 0 Å². The highest BCUT2D eigenvalue weighted by molar-refractivity contribution is 8.16. The van der Waals surface area contributed by atoms with Crippen LogP contribution in [0.15, 0.2) is 45.7 Å². The quantitative estimate of drug-likeness (QED) is 0.631. The van der Waals surface area contributed by atoms with Gasteiger partial charge in [0.25, 0.3) is 0 Å². The molecule has 0 atom stereocenters. The zero-order chi connectivity index (χ0) is 21.7. The molecule has 0 bridgehead atoms. The maximum atomic E-state index is 12.7. The molecule has 1 saturated carbocycles. The molecule has 1 aromatic carbocycles. The number of thioether (sulfide) groups is 1. The molecule has 2 aromatic rings. The van der Waals surface area contributed by atoms with Crippen LogP contribution in [-0.4, -0.2) is 42.3 Å². The summed E-state index contributed by atoms with van der Waals surface area (Å²) in [5.41, 5.74) is 1.25. The van der Waals surface area contributed by atoms with Gasteiger partial charge in [0.2, 0.25) is 5.91 Å². The molecule has 0 unspecified atom stereocenters. The lowest BCUT2D eigenvalue weighted by Gasteiger charge is -2.20. The van der Waals surface area contributed by atoms with Crippen molar-refractivity contribution in [3.8, 4) is 11.5 Å². The van der Waals surface area contributed by atoms with Crippen molar-refractivity contribution >= 4 is 45.4 Å². The second-order valence-corrected chi connectivity index (χ2v) is 9.60. The Morgan fingerprint density at radius 2 is 1.81 bits per heavy atom.